The highest BCUT2D eigenvalue weighted by molar-refractivity contribution is 5.86. The van der Waals surface area contributed by atoms with Crippen molar-refractivity contribution in [3.8, 4) is 0 Å². The van der Waals surface area contributed by atoms with Crippen LogP contribution in [0.2, 0.25) is 0 Å². The fourth-order valence-corrected chi connectivity index (χ4v) is 1.25. The van der Waals surface area contributed by atoms with Gasteiger partial charge in [-0.15, -0.1) is 0 Å². The van der Waals surface area contributed by atoms with E-state index >= 15 is 0 Å². The Morgan fingerprint density at radius 2 is 2.31 bits per heavy atom. The van der Waals surface area contributed by atoms with E-state index in [1.807, 2.05) is 13.8 Å². The Kier molecular flexibility index (Phi) is 2.87. The molecule has 0 aromatic carbocycles. The molecule has 5 nitrogen and oxygen atoms in total. The molecule has 0 radical (unpaired) electrons. The Balaban J connectivity index is 2.60. The van der Waals surface area contributed by atoms with Crippen LogP contribution in [0.3, 0.4) is 0 Å². The molecule has 0 spiro atoms. The summed E-state index contributed by atoms with van der Waals surface area (Å²) in [5.74, 6) is -1.09. The number of cyclic esters (lactones) is 1. The molecular formula is C8H13NO4. The second kappa shape index (κ2) is 3.74. The number of ether oxygens (including phenoxy) is 2. The number of amides is 1. The lowest BCUT2D eigenvalue weighted by atomic mass is 10.2. The Bertz CT molecular complexity index is 226. The zero-order chi connectivity index (χ0) is 10.0. The first kappa shape index (κ1) is 9.98. The van der Waals surface area contributed by atoms with Gasteiger partial charge in [0.05, 0.1) is 12.5 Å². The van der Waals surface area contributed by atoms with Gasteiger partial charge in [0.15, 0.2) is 0 Å². The predicted molar refractivity (Wildman–Crippen MR) is 43.7 cm³/mol. The summed E-state index contributed by atoms with van der Waals surface area (Å²) in [5, 5.41) is 0. The van der Waals surface area contributed by atoms with E-state index in [-0.39, 0.29) is 12.5 Å². The molecule has 1 amide bonds. The SMILES string of the molecule is CC(C)O[C@H]1CC(=O)O[C@H]1C(N)=O. The van der Waals surface area contributed by atoms with Crippen LogP contribution in [0.15, 0.2) is 0 Å². The molecule has 1 aliphatic rings. The molecule has 0 aromatic heterocycles. The van der Waals surface area contributed by atoms with Crippen LogP contribution in [-0.4, -0.2) is 30.2 Å². The van der Waals surface area contributed by atoms with Gasteiger partial charge in [0.25, 0.3) is 5.91 Å². The normalized spacial score (nSPS) is 27.8. The van der Waals surface area contributed by atoms with Gasteiger partial charge in [-0.25, -0.2) is 0 Å². The van der Waals surface area contributed by atoms with Crippen molar-refractivity contribution in [2.45, 2.75) is 38.6 Å². The number of hydrogen-bond donors (Lipinski definition) is 1. The fourth-order valence-electron chi connectivity index (χ4n) is 1.25. The van der Waals surface area contributed by atoms with Crippen LogP contribution in [0.1, 0.15) is 20.3 Å². The van der Waals surface area contributed by atoms with Crippen molar-refractivity contribution in [1.29, 1.82) is 0 Å². The number of carbonyl (C=O) groups is 2. The second-order valence-corrected chi connectivity index (χ2v) is 3.24. The van der Waals surface area contributed by atoms with Crippen molar-refractivity contribution in [3.05, 3.63) is 0 Å². The van der Waals surface area contributed by atoms with Gasteiger partial charge in [-0.2, -0.15) is 0 Å². The summed E-state index contributed by atoms with van der Waals surface area (Å²) in [5.41, 5.74) is 5.03. The lowest BCUT2D eigenvalue weighted by molar-refractivity contribution is -0.149. The summed E-state index contributed by atoms with van der Waals surface area (Å²) in [6.45, 7) is 3.64. The van der Waals surface area contributed by atoms with Crippen LogP contribution in [0.25, 0.3) is 0 Å². The molecule has 1 aliphatic heterocycles. The topological polar surface area (TPSA) is 78.6 Å². The average molecular weight is 187 g/mol. The Labute approximate surface area is 76.2 Å². The van der Waals surface area contributed by atoms with Gasteiger partial charge in [0.2, 0.25) is 6.10 Å². The number of hydrogen-bond acceptors (Lipinski definition) is 4. The first-order chi connectivity index (χ1) is 6.00. The highest BCUT2D eigenvalue weighted by atomic mass is 16.6. The Morgan fingerprint density at radius 3 is 2.77 bits per heavy atom. The number of rotatable bonds is 3. The predicted octanol–water partition coefficient (Wildman–Crippen LogP) is -0.419. The molecule has 2 atom stereocenters. The second-order valence-electron chi connectivity index (χ2n) is 3.24. The van der Waals surface area contributed by atoms with Gasteiger partial charge in [0, 0.05) is 0 Å². The summed E-state index contributed by atoms with van der Waals surface area (Å²) in [6.07, 6.45) is -1.40. The molecule has 0 bridgehead atoms. The molecule has 13 heavy (non-hydrogen) atoms. The van der Waals surface area contributed by atoms with Gasteiger partial charge in [-0.05, 0) is 13.8 Å². The Morgan fingerprint density at radius 1 is 1.69 bits per heavy atom. The van der Waals surface area contributed by atoms with E-state index in [1.165, 1.54) is 0 Å². The maximum Gasteiger partial charge on any atom is 0.309 e. The molecule has 1 rings (SSSR count). The minimum Gasteiger partial charge on any atom is -0.449 e. The quantitative estimate of drug-likeness (QED) is 0.609. The van der Waals surface area contributed by atoms with Gasteiger partial charge in [-0.1, -0.05) is 0 Å². The monoisotopic (exact) mass is 187 g/mol. The standard InChI is InChI=1S/C8H13NO4/c1-4(2)12-5-3-6(10)13-7(5)8(9)11/h4-5,7H,3H2,1-2H3,(H2,9,11)/t5-,7+/m0/s1. The van der Waals surface area contributed by atoms with Crippen LogP contribution < -0.4 is 5.73 Å². The first-order valence-corrected chi connectivity index (χ1v) is 4.15. The largest absolute Gasteiger partial charge is 0.449 e. The maximum atomic E-state index is 10.8. The van der Waals surface area contributed by atoms with Crippen molar-refractivity contribution in [2.24, 2.45) is 5.73 Å². The van der Waals surface area contributed by atoms with Crippen molar-refractivity contribution < 1.29 is 19.1 Å². The third-order valence-corrected chi connectivity index (χ3v) is 1.69. The summed E-state index contributed by atoms with van der Waals surface area (Å²) < 4.78 is 10.0. The van der Waals surface area contributed by atoms with Crippen LogP contribution in [0.5, 0.6) is 0 Å². The van der Waals surface area contributed by atoms with Crippen LogP contribution in [0, 0.1) is 0 Å². The summed E-state index contributed by atoms with van der Waals surface area (Å²) in [4.78, 5) is 21.6. The van der Waals surface area contributed by atoms with E-state index in [0.29, 0.717) is 0 Å². The average Bonchev–Trinajstić information content (AvgIpc) is 2.29. The third-order valence-electron chi connectivity index (χ3n) is 1.69. The molecule has 2 N–H and O–H groups in total. The van der Waals surface area contributed by atoms with Gasteiger partial charge < -0.3 is 15.2 Å². The third kappa shape index (κ3) is 2.42. The lowest BCUT2D eigenvalue weighted by Gasteiger charge is -2.17. The highest BCUT2D eigenvalue weighted by Crippen LogP contribution is 2.19. The molecule has 1 saturated heterocycles. The van der Waals surface area contributed by atoms with Gasteiger partial charge >= 0.3 is 5.97 Å². The highest BCUT2D eigenvalue weighted by Gasteiger charge is 2.39. The maximum absolute atomic E-state index is 10.8. The van der Waals surface area contributed by atoms with E-state index in [4.69, 9.17) is 15.2 Å². The summed E-state index contributed by atoms with van der Waals surface area (Å²) in [6, 6.07) is 0. The molecule has 0 aromatic rings. The number of esters is 1. The van der Waals surface area contributed by atoms with Crippen LogP contribution in [-0.2, 0) is 19.1 Å². The zero-order valence-corrected chi connectivity index (χ0v) is 7.65. The van der Waals surface area contributed by atoms with Crippen LogP contribution >= 0.6 is 0 Å². The zero-order valence-electron chi connectivity index (χ0n) is 7.65. The van der Waals surface area contributed by atoms with E-state index in [1.54, 1.807) is 0 Å². The van der Waals surface area contributed by atoms with E-state index < -0.39 is 24.1 Å². The van der Waals surface area contributed by atoms with Crippen molar-refractivity contribution in [2.75, 3.05) is 0 Å². The smallest absolute Gasteiger partial charge is 0.309 e. The molecule has 1 heterocycles. The van der Waals surface area contributed by atoms with Gasteiger partial charge in [-0.3, -0.25) is 9.59 Å². The van der Waals surface area contributed by atoms with Crippen molar-refractivity contribution in [3.63, 3.8) is 0 Å². The van der Waals surface area contributed by atoms with Crippen molar-refractivity contribution in [1.82, 2.24) is 0 Å². The fraction of sp³-hybridized carbons (Fsp3) is 0.750. The number of primary amides is 1. The molecule has 0 saturated carbocycles. The van der Waals surface area contributed by atoms with E-state index in [9.17, 15) is 9.59 Å². The molecular weight excluding hydrogens is 174 g/mol. The summed E-state index contributed by atoms with van der Waals surface area (Å²) >= 11 is 0. The number of nitrogens with two attached hydrogens (primary N) is 1. The van der Waals surface area contributed by atoms with Crippen LogP contribution in [0.4, 0.5) is 0 Å². The molecule has 0 aliphatic carbocycles. The minimum atomic E-state index is -0.921. The summed E-state index contributed by atoms with van der Waals surface area (Å²) in [7, 11) is 0. The van der Waals surface area contributed by atoms with E-state index in [2.05, 4.69) is 0 Å². The minimum absolute atomic E-state index is 0.0543. The van der Waals surface area contributed by atoms with Crippen molar-refractivity contribution >= 4 is 11.9 Å². The van der Waals surface area contributed by atoms with E-state index in [0.717, 1.165) is 0 Å². The molecule has 74 valence electrons. The number of carbonyl (C=O) groups excluding carboxylic acids is 2. The molecule has 0 unspecified atom stereocenters. The lowest BCUT2D eigenvalue weighted by Crippen LogP contribution is -2.38. The van der Waals surface area contributed by atoms with Gasteiger partial charge in [0.1, 0.15) is 6.10 Å². The molecule has 1 fully saturated rings. The first-order valence-electron chi connectivity index (χ1n) is 4.15. The molecule has 5 heteroatoms. The Hall–Kier alpha value is -1.10.